The van der Waals surface area contributed by atoms with Gasteiger partial charge in [0.1, 0.15) is 11.4 Å². The highest BCUT2D eigenvalue weighted by atomic mass is 19.1. The van der Waals surface area contributed by atoms with Crippen LogP contribution in [0.15, 0.2) is 72.0 Å². The van der Waals surface area contributed by atoms with Crippen LogP contribution in [0.1, 0.15) is 44.9 Å². The third-order valence-corrected chi connectivity index (χ3v) is 6.58. The van der Waals surface area contributed by atoms with E-state index >= 15 is 0 Å². The van der Waals surface area contributed by atoms with Crippen LogP contribution in [-0.2, 0) is 25.5 Å². The first-order chi connectivity index (χ1) is 17.1. The molecule has 3 aliphatic rings. The first-order valence-electron chi connectivity index (χ1n) is 11.8. The first-order valence-corrected chi connectivity index (χ1v) is 11.8. The van der Waals surface area contributed by atoms with Crippen LogP contribution in [0, 0.1) is 11.7 Å². The van der Waals surface area contributed by atoms with Gasteiger partial charge in [0.05, 0.1) is 23.6 Å². The minimum absolute atomic E-state index is 0.0817. The zero-order valence-electron chi connectivity index (χ0n) is 20.5. The molecule has 0 saturated carbocycles. The molecule has 2 aromatic rings. The second-order valence-corrected chi connectivity index (χ2v) is 10.2. The van der Waals surface area contributed by atoms with Gasteiger partial charge >= 0.3 is 6.09 Å². The second kappa shape index (κ2) is 8.62. The predicted molar refractivity (Wildman–Crippen MR) is 130 cm³/mol. The molecule has 1 saturated heterocycles. The smallest absolute Gasteiger partial charge is 0.417 e. The molecular formula is C28H27FN2O5. The maximum absolute atomic E-state index is 14.5. The van der Waals surface area contributed by atoms with E-state index in [9.17, 15) is 18.8 Å². The molecule has 0 N–H and O–H groups in total. The summed E-state index contributed by atoms with van der Waals surface area (Å²) in [6.07, 6.45) is 1.79. The average Bonchev–Trinajstić information content (AvgIpc) is 3.40. The van der Waals surface area contributed by atoms with Crippen molar-refractivity contribution >= 4 is 23.6 Å². The highest BCUT2D eigenvalue weighted by Crippen LogP contribution is 2.50. The van der Waals surface area contributed by atoms with Crippen LogP contribution >= 0.6 is 0 Å². The van der Waals surface area contributed by atoms with E-state index in [1.54, 1.807) is 39.8 Å². The van der Waals surface area contributed by atoms with E-state index in [0.29, 0.717) is 17.6 Å². The summed E-state index contributed by atoms with van der Waals surface area (Å²) in [6, 6.07) is 13.1. The molecule has 0 bridgehead atoms. The van der Waals surface area contributed by atoms with Crippen molar-refractivity contribution in [3.05, 3.63) is 89.0 Å². The Bertz CT molecular complexity index is 1330. The van der Waals surface area contributed by atoms with Crippen molar-refractivity contribution in [1.82, 2.24) is 4.90 Å². The van der Waals surface area contributed by atoms with Crippen molar-refractivity contribution in [3.63, 3.8) is 0 Å². The number of para-hydroxylation sites is 1. The molecule has 5 rings (SSSR count). The van der Waals surface area contributed by atoms with Gasteiger partial charge in [0.25, 0.3) is 11.8 Å². The number of nitrogens with zero attached hydrogens (tertiary/aromatic N) is 2. The van der Waals surface area contributed by atoms with Gasteiger partial charge < -0.3 is 9.47 Å². The fraction of sp³-hybridized carbons (Fsp3) is 0.321. The Balaban J connectivity index is 1.49. The van der Waals surface area contributed by atoms with Crippen LogP contribution < -0.4 is 4.90 Å². The molecule has 36 heavy (non-hydrogen) atoms. The lowest BCUT2D eigenvalue weighted by Crippen LogP contribution is -2.39. The maximum atomic E-state index is 14.5. The molecule has 2 heterocycles. The lowest BCUT2D eigenvalue weighted by Gasteiger charge is -2.27. The van der Waals surface area contributed by atoms with E-state index in [1.165, 1.54) is 29.4 Å². The lowest BCUT2D eigenvalue weighted by molar-refractivity contribution is -0.125. The van der Waals surface area contributed by atoms with Crippen LogP contribution in [-0.4, -0.2) is 34.6 Å². The van der Waals surface area contributed by atoms with Gasteiger partial charge in [-0.15, -0.1) is 0 Å². The van der Waals surface area contributed by atoms with Crippen LogP contribution in [0.25, 0.3) is 0 Å². The molecule has 186 valence electrons. The molecule has 2 aliphatic heterocycles. The number of benzene rings is 2. The van der Waals surface area contributed by atoms with Crippen LogP contribution in [0.5, 0.6) is 0 Å². The summed E-state index contributed by atoms with van der Waals surface area (Å²) in [4.78, 5) is 41.8. The number of ether oxygens (including phenoxy) is 2. The predicted octanol–water partition coefficient (Wildman–Crippen LogP) is 5.04. The Hall–Kier alpha value is -3.94. The van der Waals surface area contributed by atoms with Gasteiger partial charge in [-0.3, -0.25) is 14.5 Å². The van der Waals surface area contributed by atoms with E-state index in [0.717, 1.165) is 16.0 Å². The SMILES string of the molecule is CC1=CC(OC=C2C(=O)N(C(=O)OC(C)(C)C)C3c4ccccc4CC23)N(c2ccccc2F)C1=O. The fourth-order valence-corrected chi connectivity index (χ4v) is 5.04. The molecule has 1 fully saturated rings. The van der Waals surface area contributed by atoms with Gasteiger partial charge in [0.15, 0.2) is 6.23 Å². The van der Waals surface area contributed by atoms with Gasteiger partial charge in [0.2, 0.25) is 0 Å². The summed E-state index contributed by atoms with van der Waals surface area (Å²) in [5.74, 6) is -1.78. The molecule has 2 aromatic carbocycles. The third-order valence-electron chi connectivity index (χ3n) is 6.58. The lowest BCUT2D eigenvalue weighted by atomic mass is 9.97. The van der Waals surface area contributed by atoms with Crippen molar-refractivity contribution in [2.45, 2.75) is 52.0 Å². The molecular weight excluding hydrogens is 463 g/mol. The first kappa shape index (κ1) is 23.8. The van der Waals surface area contributed by atoms with Gasteiger partial charge in [0, 0.05) is 11.5 Å². The standard InChI is InChI=1S/C28H27FN2O5/c1-16-13-23(30(25(16)32)22-12-8-7-11-21(22)29)35-15-20-19-14-17-9-5-6-10-18(17)24(19)31(26(20)33)27(34)36-28(2,3)4/h5-13,15,19,23-24H,14H2,1-4H3. The van der Waals surface area contributed by atoms with Crippen LogP contribution in [0.4, 0.5) is 14.9 Å². The highest BCUT2D eigenvalue weighted by molar-refractivity contribution is 6.08. The Morgan fingerprint density at radius 2 is 1.75 bits per heavy atom. The van der Waals surface area contributed by atoms with E-state index in [4.69, 9.17) is 9.47 Å². The Morgan fingerprint density at radius 1 is 1.06 bits per heavy atom. The number of likely N-dealkylation sites (tertiary alicyclic amines) is 1. The number of amides is 3. The van der Waals surface area contributed by atoms with Crippen molar-refractivity contribution in [1.29, 1.82) is 0 Å². The topological polar surface area (TPSA) is 76.2 Å². The van der Waals surface area contributed by atoms with Gasteiger partial charge in [-0.1, -0.05) is 36.4 Å². The molecule has 0 spiro atoms. The summed E-state index contributed by atoms with van der Waals surface area (Å²) >= 11 is 0. The summed E-state index contributed by atoms with van der Waals surface area (Å²) in [5.41, 5.74) is 1.95. The molecule has 1 aliphatic carbocycles. The Morgan fingerprint density at radius 3 is 2.47 bits per heavy atom. The average molecular weight is 491 g/mol. The van der Waals surface area contributed by atoms with Crippen LogP contribution in [0.2, 0.25) is 0 Å². The summed E-state index contributed by atoms with van der Waals surface area (Å²) in [7, 11) is 0. The number of carbonyl (C=O) groups excluding carboxylic acids is 3. The van der Waals surface area contributed by atoms with E-state index in [1.807, 2.05) is 24.3 Å². The zero-order chi connectivity index (χ0) is 25.8. The third kappa shape index (κ3) is 3.96. The minimum Gasteiger partial charge on any atom is -0.474 e. The molecule has 7 nitrogen and oxygen atoms in total. The molecule has 3 amide bonds. The number of imide groups is 1. The molecule has 3 unspecified atom stereocenters. The zero-order valence-corrected chi connectivity index (χ0v) is 20.5. The normalized spacial score (nSPS) is 24.2. The minimum atomic E-state index is -0.937. The Kier molecular flexibility index (Phi) is 5.70. The number of hydrogen-bond donors (Lipinski definition) is 0. The van der Waals surface area contributed by atoms with E-state index in [-0.39, 0.29) is 17.5 Å². The molecule has 8 heteroatoms. The largest absolute Gasteiger partial charge is 0.474 e. The second-order valence-electron chi connectivity index (χ2n) is 10.2. The van der Waals surface area contributed by atoms with Gasteiger partial charge in [-0.25, -0.2) is 14.1 Å². The van der Waals surface area contributed by atoms with Crippen molar-refractivity contribution in [2.75, 3.05) is 4.90 Å². The number of rotatable bonds is 3. The summed E-state index contributed by atoms with van der Waals surface area (Å²) < 4.78 is 26.0. The van der Waals surface area contributed by atoms with E-state index in [2.05, 4.69) is 0 Å². The molecule has 3 atom stereocenters. The summed E-state index contributed by atoms with van der Waals surface area (Å²) in [6.45, 7) is 6.86. The monoisotopic (exact) mass is 490 g/mol. The number of halogens is 1. The van der Waals surface area contributed by atoms with Gasteiger partial charge in [-0.2, -0.15) is 0 Å². The number of fused-ring (bicyclic) bond motifs is 3. The highest BCUT2D eigenvalue weighted by Gasteiger charge is 2.53. The van der Waals surface area contributed by atoms with Gasteiger partial charge in [-0.05, 0) is 63.5 Å². The number of anilines is 1. The summed E-state index contributed by atoms with van der Waals surface area (Å²) in [5, 5.41) is 0. The van der Waals surface area contributed by atoms with E-state index < -0.39 is 35.7 Å². The maximum Gasteiger partial charge on any atom is 0.417 e. The molecule has 0 radical (unpaired) electrons. The molecule has 0 aromatic heterocycles. The van der Waals surface area contributed by atoms with Crippen molar-refractivity contribution < 1.29 is 28.2 Å². The van der Waals surface area contributed by atoms with Crippen LogP contribution in [0.3, 0.4) is 0 Å². The number of hydrogen-bond acceptors (Lipinski definition) is 5. The Labute approximate surface area is 208 Å². The van der Waals surface area contributed by atoms with Crippen molar-refractivity contribution in [2.24, 2.45) is 5.92 Å². The van der Waals surface area contributed by atoms with Crippen molar-refractivity contribution in [3.8, 4) is 0 Å². The fourth-order valence-electron chi connectivity index (χ4n) is 5.04. The quantitative estimate of drug-likeness (QED) is 0.445. The number of carbonyl (C=O) groups is 3.